The van der Waals surface area contributed by atoms with Gasteiger partial charge in [-0.1, -0.05) is 12.2 Å². The molecule has 1 heterocycles. The van der Waals surface area contributed by atoms with Crippen molar-refractivity contribution in [2.45, 2.75) is 13.3 Å². The predicted octanol–water partition coefficient (Wildman–Crippen LogP) is 3.47. The van der Waals surface area contributed by atoms with Gasteiger partial charge in [-0.25, -0.2) is 0 Å². The van der Waals surface area contributed by atoms with Crippen LogP contribution < -0.4 is 10.2 Å². The summed E-state index contributed by atoms with van der Waals surface area (Å²) in [5.74, 6) is -0.957. The number of nitro benzene ring substituents is 1. The van der Waals surface area contributed by atoms with E-state index in [9.17, 15) is 24.5 Å². The Morgan fingerprint density at radius 1 is 1.03 bits per heavy atom. The van der Waals surface area contributed by atoms with E-state index < -0.39 is 4.92 Å². The lowest BCUT2D eigenvalue weighted by molar-refractivity contribution is -0.384. The molecule has 3 amide bonds. The van der Waals surface area contributed by atoms with Crippen LogP contribution in [0.2, 0.25) is 0 Å². The highest BCUT2D eigenvalue weighted by Gasteiger charge is 2.59. The minimum atomic E-state index is -0.492. The van der Waals surface area contributed by atoms with Crippen LogP contribution in [0.1, 0.15) is 22.3 Å². The third-order valence-corrected chi connectivity index (χ3v) is 6.53. The van der Waals surface area contributed by atoms with E-state index in [1.165, 1.54) is 23.1 Å². The van der Waals surface area contributed by atoms with E-state index in [4.69, 9.17) is 0 Å². The fourth-order valence-electron chi connectivity index (χ4n) is 5.01. The van der Waals surface area contributed by atoms with Crippen molar-refractivity contribution >= 4 is 34.8 Å². The number of non-ortho nitro benzene ring substituents is 1. The molecule has 8 nitrogen and oxygen atoms in total. The maximum atomic E-state index is 12.9. The second-order valence-electron chi connectivity index (χ2n) is 8.27. The van der Waals surface area contributed by atoms with Gasteiger partial charge < -0.3 is 5.32 Å². The number of nitrogens with zero attached hydrogens (tertiary/aromatic N) is 2. The van der Waals surface area contributed by atoms with E-state index >= 15 is 0 Å². The highest BCUT2D eigenvalue weighted by atomic mass is 16.6. The summed E-state index contributed by atoms with van der Waals surface area (Å²) in [5.41, 5.74) is 1.81. The summed E-state index contributed by atoms with van der Waals surface area (Å²) in [5, 5.41) is 13.6. The number of nitro groups is 1. The molecule has 2 aliphatic carbocycles. The first-order valence-electron chi connectivity index (χ1n) is 10.1. The Morgan fingerprint density at radius 2 is 1.65 bits per heavy atom. The van der Waals surface area contributed by atoms with Crippen molar-refractivity contribution in [2.75, 3.05) is 10.2 Å². The quantitative estimate of drug-likeness (QED) is 0.355. The average Bonchev–Trinajstić information content (AvgIpc) is 3.43. The van der Waals surface area contributed by atoms with E-state index in [1.54, 1.807) is 31.2 Å². The minimum absolute atomic E-state index is 0.0480. The zero-order chi connectivity index (χ0) is 21.9. The van der Waals surface area contributed by atoms with Crippen LogP contribution in [0, 0.1) is 40.7 Å². The molecule has 1 aliphatic heterocycles. The van der Waals surface area contributed by atoms with Crippen LogP contribution in [0.5, 0.6) is 0 Å². The highest BCUT2D eigenvalue weighted by Crippen LogP contribution is 2.53. The van der Waals surface area contributed by atoms with Crippen LogP contribution in [0.25, 0.3) is 0 Å². The lowest BCUT2D eigenvalue weighted by Gasteiger charge is -2.17. The number of nitrogens with one attached hydrogen (secondary N) is 1. The standard InChI is InChI=1S/C23H19N3O5/c1-12-10-17(26(30)31)8-9-18(12)24-21(27)13-4-6-16(7-5-13)25-22(28)19-14-2-3-15(11-14)20(19)23(25)29/h2-10,14-15,19-20H,11H2,1H3,(H,24,27)/t14-,15-,19+,20+/m0/s1. The Morgan fingerprint density at radius 3 is 2.19 bits per heavy atom. The smallest absolute Gasteiger partial charge is 0.269 e. The molecule has 1 saturated carbocycles. The van der Waals surface area contributed by atoms with Gasteiger partial charge in [-0.15, -0.1) is 0 Å². The minimum Gasteiger partial charge on any atom is -0.322 e. The zero-order valence-corrected chi connectivity index (χ0v) is 16.6. The molecule has 0 unspecified atom stereocenters. The number of imide groups is 1. The molecule has 0 radical (unpaired) electrons. The number of hydrogen-bond acceptors (Lipinski definition) is 5. The number of hydrogen-bond donors (Lipinski definition) is 1. The first kappa shape index (κ1) is 19.2. The predicted molar refractivity (Wildman–Crippen MR) is 112 cm³/mol. The van der Waals surface area contributed by atoms with Gasteiger partial charge in [-0.3, -0.25) is 29.4 Å². The molecule has 2 fully saturated rings. The molecule has 31 heavy (non-hydrogen) atoms. The zero-order valence-electron chi connectivity index (χ0n) is 16.6. The van der Waals surface area contributed by atoms with Crippen LogP contribution in [0.4, 0.5) is 17.1 Å². The van der Waals surface area contributed by atoms with Crippen LogP contribution in [0.15, 0.2) is 54.6 Å². The van der Waals surface area contributed by atoms with Crippen molar-refractivity contribution < 1.29 is 19.3 Å². The number of carbonyl (C=O) groups is 3. The van der Waals surface area contributed by atoms with E-state index in [0.29, 0.717) is 22.5 Å². The van der Waals surface area contributed by atoms with Crippen LogP contribution in [0.3, 0.4) is 0 Å². The Bertz CT molecular complexity index is 1140. The molecule has 0 aromatic heterocycles. The highest BCUT2D eigenvalue weighted by molar-refractivity contribution is 6.23. The van der Waals surface area contributed by atoms with Crippen molar-refractivity contribution in [2.24, 2.45) is 23.7 Å². The van der Waals surface area contributed by atoms with E-state index in [-0.39, 0.29) is 47.1 Å². The maximum Gasteiger partial charge on any atom is 0.269 e. The van der Waals surface area contributed by atoms with Gasteiger partial charge in [0.1, 0.15) is 0 Å². The van der Waals surface area contributed by atoms with Gasteiger partial charge in [0.05, 0.1) is 22.4 Å². The maximum absolute atomic E-state index is 12.9. The molecule has 4 atom stereocenters. The fourth-order valence-corrected chi connectivity index (χ4v) is 5.01. The molecule has 1 saturated heterocycles. The van der Waals surface area contributed by atoms with Gasteiger partial charge >= 0.3 is 0 Å². The van der Waals surface area contributed by atoms with Crippen molar-refractivity contribution in [3.05, 3.63) is 75.9 Å². The molecule has 156 valence electrons. The molecule has 0 spiro atoms. The topological polar surface area (TPSA) is 110 Å². The van der Waals surface area contributed by atoms with E-state index in [1.807, 2.05) is 12.2 Å². The number of allylic oxidation sites excluding steroid dienone is 2. The first-order chi connectivity index (χ1) is 14.8. The fraction of sp³-hybridized carbons (Fsp3) is 0.261. The second-order valence-corrected chi connectivity index (χ2v) is 8.27. The van der Waals surface area contributed by atoms with Crippen molar-refractivity contribution in [3.63, 3.8) is 0 Å². The average molecular weight is 417 g/mol. The summed E-state index contributed by atoms with van der Waals surface area (Å²) in [6.45, 7) is 1.68. The van der Waals surface area contributed by atoms with Crippen molar-refractivity contribution in [3.8, 4) is 0 Å². The van der Waals surface area contributed by atoms with Gasteiger partial charge in [-0.2, -0.15) is 0 Å². The van der Waals surface area contributed by atoms with Gasteiger partial charge in [0.25, 0.3) is 11.6 Å². The van der Waals surface area contributed by atoms with Crippen LogP contribution in [-0.4, -0.2) is 22.6 Å². The summed E-state index contributed by atoms with van der Waals surface area (Å²) in [4.78, 5) is 50.0. The number of aryl methyl sites for hydroxylation is 1. The Hall–Kier alpha value is -3.81. The molecule has 3 aliphatic rings. The van der Waals surface area contributed by atoms with Gasteiger partial charge in [0.15, 0.2) is 0 Å². The Labute approximate surface area is 177 Å². The normalized spacial score (nSPS) is 25.8. The summed E-state index contributed by atoms with van der Waals surface area (Å²) in [7, 11) is 0. The second kappa shape index (κ2) is 6.87. The van der Waals surface area contributed by atoms with Crippen molar-refractivity contribution in [1.82, 2.24) is 0 Å². The van der Waals surface area contributed by atoms with Gasteiger partial charge in [0.2, 0.25) is 11.8 Å². The van der Waals surface area contributed by atoms with Crippen LogP contribution >= 0.6 is 0 Å². The van der Waals surface area contributed by atoms with E-state index in [0.717, 1.165) is 6.42 Å². The Kier molecular flexibility index (Phi) is 4.25. The summed E-state index contributed by atoms with van der Waals surface area (Å²) in [6, 6.07) is 10.5. The number of benzene rings is 2. The summed E-state index contributed by atoms with van der Waals surface area (Å²) in [6.07, 6.45) is 4.98. The number of rotatable bonds is 4. The third-order valence-electron chi connectivity index (χ3n) is 6.53. The molecule has 1 N–H and O–H groups in total. The SMILES string of the molecule is Cc1cc([N+](=O)[O-])ccc1NC(=O)c1ccc(N2C(=O)[C@H]3[C@H](C2=O)[C@H]2C=C[C@H]3C2)cc1. The van der Waals surface area contributed by atoms with Crippen molar-refractivity contribution in [1.29, 1.82) is 0 Å². The van der Waals surface area contributed by atoms with E-state index in [2.05, 4.69) is 5.32 Å². The largest absolute Gasteiger partial charge is 0.322 e. The summed E-state index contributed by atoms with van der Waals surface area (Å²) < 4.78 is 0. The lowest BCUT2D eigenvalue weighted by atomic mass is 9.85. The first-order valence-corrected chi connectivity index (χ1v) is 10.1. The third kappa shape index (κ3) is 2.94. The Balaban J connectivity index is 1.33. The molecule has 2 bridgehead atoms. The molecular weight excluding hydrogens is 398 g/mol. The molecule has 2 aromatic carbocycles. The molecular formula is C23H19N3O5. The lowest BCUT2D eigenvalue weighted by Crippen LogP contribution is -2.32. The summed E-state index contributed by atoms with van der Waals surface area (Å²) >= 11 is 0. The molecule has 5 rings (SSSR count). The molecule has 8 heteroatoms. The number of carbonyl (C=O) groups excluding carboxylic acids is 3. The van der Waals surface area contributed by atoms with Gasteiger partial charge in [-0.05, 0) is 61.1 Å². The van der Waals surface area contributed by atoms with Gasteiger partial charge in [0, 0.05) is 23.4 Å². The number of amides is 3. The number of anilines is 2. The number of fused-ring (bicyclic) bond motifs is 5. The molecule has 2 aromatic rings. The van der Waals surface area contributed by atoms with Crippen LogP contribution in [-0.2, 0) is 9.59 Å². The monoisotopic (exact) mass is 417 g/mol.